The summed E-state index contributed by atoms with van der Waals surface area (Å²) < 4.78 is 0. The van der Waals surface area contributed by atoms with Crippen molar-refractivity contribution in [1.82, 2.24) is 0 Å². The molecule has 0 fully saturated rings. The minimum atomic E-state index is 0.258. The molecule has 26 heavy (non-hydrogen) atoms. The summed E-state index contributed by atoms with van der Waals surface area (Å²) >= 11 is 0. The first-order valence-corrected chi connectivity index (χ1v) is 9.36. The second-order valence-corrected chi connectivity index (χ2v) is 6.43. The molecule has 0 bridgehead atoms. The van der Waals surface area contributed by atoms with E-state index in [4.69, 9.17) is 0 Å². The molecule has 0 amide bonds. The number of hydrogen-bond donors (Lipinski definition) is 0. The predicted molar refractivity (Wildman–Crippen MR) is 113 cm³/mol. The fourth-order valence-corrected chi connectivity index (χ4v) is 3.33. The van der Waals surface area contributed by atoms with Crippen molar-refractivity contribution >= 4 is 0 Å². The smallest absolute Gasteiger partial charge is 0.0336 e. The Balaban J connectivity index is 2.01. The van der Waals surface area contributed by atoms with Gasteiger partial charge in [-0.1, -0.05) is 110 Å². The molecular formula is C26H26. The van der Waals surface area contributed by atoms with E-state index in [1.165, 1.54) is 27.8 Å². The van der Waals surface area contributed by atoms with Crippen LogP contribution >= 0.6 is 0 Å². The Morgan fingerprint density at radius 1 is 0.731 bits per heavy atom. The molecule has 1 atom stereocenters. The minimum absolute atomic E-state index is 0.258. The molecule has 3 aromatic carbocycles. The van der Waals surface area contributed by atoms with Crippen LogP contribution in [0.25, 0.3) is 11.1 Å². The molecule has 0 spiro atoms. The molecular weight excluding hydrogens is 312 g/mol. The van der Waals surface area contributed by atoms with Gasteiger partial charge in [0.1, 0.15) is 0 Å². The van der Waals surface area contributed by atoms with Gasteiger partial charge >= 0.3 is 0 Å². The van der Waals surface area contributed by atoms with Crippen LogP contribution in [0.4, 0.5) is 0 Å². The highest BCUT2D eigenvalue weighted by Crippen LogP contribution is 2.34. The molecule has 130 valence electrons. The van der Waals surface area contributed by atoms with E-state index >= 15 is 0 Å². The van der Waals surface area contributed by atoms with E-state index in [0.717, 1.165) is 6.42 Å². The zero-order valence-electron chi connectivity index (χ0n) is 15.6. The minimum Gasteiger partial charge on any atom is -0.0845 e. The normalized spacial score (nSPS) is 13.1. The quantitative estimate of drug-likeness (QED) is 0.411. The van der Waals surface area contributed by atoms with Gasteiger partial charge in [0.25, 0.3) is 0 Å². The summed E-state index contributed by atoms with van der Waals surface area (Å²) in [6.07, 6.45) is 7.78. The van der Waals surface area contributed by atoms with E-state index in [1.54, 1.807) is 0 Å². The van der Waals surface area contributed by atoms with E-state index in [-0.39, 0.29) is 5.92 Å². The molecule has 1 unspecified atom stereocenters. The van der Waals surface area contributed by atoms with Crippen molar-refractivity contribution in [2.75, 3.05) is 0 Å². The molecule has 0 heteroatoms. The highest BCUT2D eigenvalue weighted by Gasteiger charge is 2.17. The first-order chi connectivity index (χ1) is 12.8. The van der Waals surface area contributed by atoms with Gasteiger partial charge in [0.2, 0.25) is 0 Å². The van der Waals surface area contributed by atoms with Crippen LogP contribution in [0.1, 0.15) is 37.3 Å². The molecule has 0 aliphatic carbocycles. The summed E-state index contributed by atoms with van der Waals surface area (Å²) in [4.78, 5) is 0. The third-order valence-corrected chi connectivity index (χ3v) is 4.70. The van der Waals surface area contributed by atoms with E-state index in [2.05, 4.69) is 117 Å². The highest BCUT2D eigenvalue weighted by atomic mass is 14.2. The van der Waals surface area contributed by atoms with Crippen LogP contribution in [-0.2, 0) is 0 Å². The Morgan fingerprint density at radius 3 is 1.85 bits per heavy atom. The largest absolute Gasteiger partial charge is 0.0845 e. The van der Waals surface area contributed by atoms with Gasteiger partial charge in [-0.05, 0) is 41.2 Å². The molecule has 0 N–H and O–H groups in total. The molecule has 3 aromatic rings. The number of rotatable bonds is 6. The average Bonchev–Trinajstić information content (AvgIpc) is 2.72. The topological polar surface area (TPSA) is 0 Å². The van der Waals surface area contributed by atoms with Crippen molar-refractivity contribution in [2.24, 2.45) is 0 Å². The Bertz CT molecular complexity index is 853. The van der Waals surface area contributed by atoms with E-state index in [1.807, 2.05) is 0 Å². The molecule has 3 rings (SSSR count). The second-order valence-electron chi connectivity index (χ2n) is 6.43. The van der Waals surface area contributed by atoms with Crippen LogP contribution in [0.5, 0.6) is 0 Å². The summed E-state index contributed by atoms with van der Waals surface area (Å²) in [6, 6.07) is 30.3. The first-order valence-electron chi connectivity index (χ1n) is 9.36. The highest BCUT2D eigenvalue weighted by molar-refractivity contribution is 5.64. The molecule has 0 saturated heterocycles. The van der Waals surface area contributed by atoms with Crippen molar-refractivity contribution in [3.05, 3.63) is 120 Å². The van der Waals surface area contributed by atoms with Crippen LogP contribution in [0.15, 0.2) is 109 Å². The van der Waals surface area contributed by atoms with Gasteiger partial charge in [0.15, 0.2) is 0 Å². The van der Waals surface area contributed by atoms with Crippen LogP contribution in [-0.4, -0.2) is 0 Å². The number of benzene rings is 3. The Hall–Kier alpha value is -2.86. The van der Waals surface area contributed by atoms with E-state index in [9.17, 15) is 0 Å². The van der Waals surface area contributed by atoms with Gasteiger partial charge in [0, 0.05) is 5.92 Å². The van der Waals surface area contributed by atoms with Crippen LogP contribution in [0.3, 0.4) is 0 Å². The molecule has 0 aromatic heterocycles. The molecule has 0 radical (unpaired) electrons. The maximum atomic E-state index is 2.27. The van der Waals surface area contributed by atoms with Crippen LogP contribution in [0, 0.1) is 0 Å². The van der Waals surface area contributed by atoms with Gasteiger partial charge in [0.05, 0.1) is 0 Å². The van der Waals surface area contributed by atoms with Crippen molar-refractivity contribution < 1.29 is 0 Å². The lowest BCUT2D eigenvalue weighted by molar-refractivity contribution is 0.970. The Morgan fingerprint density at radius 2 is 1.27 bits per heavy atom. The van der Waals surface area contributed by atoms with Gasteiger partial charge < -0.3 is 0 Å². The second kappa shape index (κ2) is 9.01. The number of allylic oxidation sites excluding steroid dienone is 4. The maximum Gasteiger partial charge on any atom is 0.0336 e. The summed E-state index contributed by atoms with van der Waals surface area (Å²) in [5.41, 5.74) is 6.50. The van der Waals surface area contributed by atoms with Gasteiger partial charge in [-0.2, -0.15) is 0 Å². The zero-order chi connectivity index (χ0) is 18.2. The summed E-state index contributed by atoms with van der Waals surface area (Å²) in [6.45, 7) is 4.31. The summed E-state index contributed by atoms with van der Waals surface area (Å²) in [5, 5.41) is 0. The van der Waals surface area contributed by atoms with Gasteiger partial charge in [-0.25, -0.2) is 0 Å². The molecule has 0 saturated carbocycles. The Labute approximate surface area is 157 Å². The van der Waals surface area contributed by atoms with Crippen molar-refractivity contribution in [2.45, 2.75) is 26.2 Å². The lowest BCUT2D eigenvalue weighted by Gasteiger charge is -2.20. The third kappa shape index (κ3) is 4.21. The number of hydrogen-bond acceptors (Lipinski definition) is 0. The predicted octanol–water partition coefficient (Wildman–Crippen LogP) is 7.40. The maximum absolute atomic E-state index is 2.27. The van der Waals surface area contributed by atoms with Crippen LogP contribution in [0.2, 0.25) is 0 Å². The van der Waals surface area contributed by atoms with Crippen molar-refractivity contribution in [3.8, 4) is 11.1 Å². The summed E-state index contributed by atoms with van der Waals surface area (Å²) in [5.74, 6) is 0.258. The monoisotopic (exact) mass is 338 g/mol. The lowest BCUT2D eigenvalue weighted by atomic mass is 9.84. The van der Waals surface area contributed by atoms with Gasteiger partial charge in [-0.3, -0.25) is 0 Å². The fourth-order valence-electron chi connectivity index (χ4n) is 3.33. The summed E-state index contributed by atoms with van der Waals surface area (Å²) in [7, 11) is 0. The SMILES string of the molecule is C/C=C(\C=C/CC)C(c1ccccc1)c1ccc(-c2ccccc2)cc1. The average molecular weight is 338 g/mol. The van der Waals surface area contributed by atoms with Crippen molar-refractivity contribution in [3.63, 3.8) is 0 Å². The zero-order valence-corrected chi connectivity index (χ0v) is 15.6. The van der Waals surface area contributed by atoms with E-state index < -0.39 is 0 Å². The molecule has 0 aliphatic heterocycles. The van der Waals surface area contributed by atoms with Crippen molar-refractivity contribution in [1.29, 1.82) is 0 Å². The van der Waals surface area contributed by atoms with Crippen LogP contribution < -0.4 is 0 Å². The molecule has 0 nitrogen and oxygen atoms in total. The lowest BCUT2D eigenvalue weighted by Crippen LogP contribution is -2.03. The third-order valence-electron chi connectivity index (χ3n) is 4.70. The molecule has 0 aliphatic rings. The van der Waals surface area contributed by atoms with Gasteiger partial charge in [-0.15, -0.1) is 0 Å². The standard InChI is InChI=1S/C26H26/c1-3-5-12-21(4-2)26(24-15-10-7-11-16-24)25-19-17-23(18-20-25)22-13-8-6-9-14-22/h4-20,26H,3H2,1-2H3/b12-5-,21-4+. The first kappa shape index (κ1) is 17.9. The molecule has 0 heterocycles. The Kier molecular flexibility index (Phi) is 6.22. The van der Waals surface area contributed by atoms with E-state index in [0.29, 0.717) is 0 Å². The fraction of sp³-hybridized carbons (Fsp3) is 0.154.